The van der Waals surface area contributed by atoms with Crippen molar-refractivity contribution in [2.75, 3.05) is 20.1 Å². The minimum atomic E-state index is -0.103. The van der Waals surface area contributed by atoms with E-state index in [0.29, 0.717) is 19.5 Å². The smallest absolute Gasteiger partial charge is 0.227 e. The Morgan fingerprint density at radius 3 is 2.77 bits per heavy atom. The number of amides is 2. The number of aromatic nitrogens is 2. The van der Waals surface area contributed by atoms with Gasteiger partial charge in [-0.15, -0.1) is 0 Å². The molecule has 1 aromatic carbocycles. The van der Waals surface area contributed by atoms with E-state index in [2.05, 4.69) is 5.10 Å². The van der Waals surface area contributed by atoms with Gasteiger partial charge in [0.25, 0.3) is 0 Å². The molecule has 2 aromatic rings. The molecule has 0 saturated carbocycles. The summed E-state index contributed by atoms with van der Waals surface area (Å²) in [5.74, 6) is 0.133. The molecule has 1 aliphatic rings. The van der Waals surface area contributed by atoms with E-state index in [1.807, 2.05) is 60.1 Å². The van der Waals surface area contributed by atoms with Crippen molar-refractivity contribution >= 4 is 11.8 Å². The first kappa shape index (κ1) is 18.2. The Balaban J connectivity index is 1.61. The first-order chi connectivity index (χ1) is 12.6. The maximum Gasteiger partial charge on any atom is 0.227 e. The molecular formula is C20H26N4O2. The molecule has 0 radical (unpaired) electrons. The third kappa shape index (κ3) is 4.12. The Labute approximate surface area is 154 Å². The number of likely N-dealkylation sites (tertiary alicyclic amines) is 1. The summed E-state index contributed by atoms with van der Waals surface area (Å²) in [7, 11) is 1.82. The number of nitrogens with zero attached hydrogens (tertiary/aromatic N) is 4. The van der Waals surface area contributed by atoms with Crippen molar-refractivity contribution in [3.8, 4) is 5.69 Å². The Kier molecular flexibility index (Phi) is 5.71. The average Bonchev–Trinajstić information content (AvgIpc) is 3.16. The lowest BCUT2D eigenvalue weighted by Crippen LogP contribution is -2.45. The molecular weight excluding hydrogens is 328 g/mol. The van der Waals surface area contributed by atoms with Crippen molar-refractivity contribution in [2.24, 2.45) is 5.92 Å². The fourth-order valence-corrected chi connectivity index (χ4v) is 3.46. The van der Waals surface area contributed by atoms with Crippen LogP contribution < -0.4 is 0 Å². The van der Waals surface area contributed by atoms with E-state index in [-0.39, 0.29) is 17.7 Å². The Morgan fingerprint density at radius 1 is 1.27 bits per heavy atom. The highest BCUT2D eigenvalue weighted by atomic mass is 16.2. The second-order valence-corrected chi connectivity index (χ2v) is 6.86. The van der Waals surface area contributed by atoms with Crippen LogP contribution in [0.2, 0.25) is 0 Å². The summed E-state index contributed by atoms with van der Waals surface area (Å²) in [5.41, 5.74) is 1.98. The van der Waals surface area contributed by atoms with Crippen molar-refractivity contribution < 1.29 is 9.59 Å². The molecule has 1 atom stereocenters. The molecule has 3 rings (SSSR count). The van der Waals surface area contributed by atoms with Crippen LogP contribution in [0, 0.1) is 5.92 Å². The van der Waals surface area contributed by atoms with Gasteiger partial charge in [-0.2, -0.15) is 5.10 Å². The Hall–Kier alpha value is -2.63. The average molecular weight is 354 g/mol. The monoisotopic (exact) mass is 354 g/mol. The van der Waals surface area contributed by atoms with Gasteiger partial charge in [-0.25, -0.2) is 4.68 Å². The van der Waals surface area contributed by atoms with E-state index in [4.69, 9.17) is 0 Å². The molecule has 6 nitrogen and oxygen atoms in total. The highest BCUT2D eigenvalue weighted by Gasteiger charge is 2.29. The van der Waals surface area contributed by atoms with Gasteiger partial charge < -0.3 is 9.80 Å². The summed E-state index contributed by atoms with van der Waals surface area (Å²) in [6, 6.07) is 9.90. The predicted octanol–water partition coefficient (Wildman–Crippen LogP) is 2.48. The Bertz CT molecular complexity index is 756. The minimum Gasteiger partial charge on any atom is -0.342 e. The number of carbonyl (C=O) groups is 2. The molecule has 6 heteroatoms. The summed E-state index contributed by atoms with van der Waals surface area (Å²) in [6.45, 7) is 3.69. The van der Waals surface area contributed by atoms with Crippen LogP contribution in [0.5, 0.6) is 0 Å². The number of benzene rings is 1. The van der Waals surface area contributed by atoms with Gasteiger partial charge in [-0.1, -0.05) is 25.1 Å². The number of rotatable bonds is 5. The lowest BCUT2D eigenvalue weighted by Gasteiger charge is -2.33. The van der Waals surface area contributed by atoms with E-state index >= 15 is 0 Å². The largest absolute Gasteiger partial charge is 0.342 e. The van der Waals surface area contributed by atoms with Crippen LogP contribution in [-0.2, 0) is 16.1 Å². The fourth-order valence-electron chi connectivity index (χ4n) is 3.46. The highest BCUT2D eigenvalue weighted by molar-refractivity contribution is 5.81. The van der Waals surface area contributed by atoms with Crippen molar-refractivity contribution in [1.29, 1.82) is 0 Å². The van der Waals surface area contributed by atoms with Gasteiger partial charge in [0.1, 0.15) is 0 Å². The second-order valence-electron chi connectivity index (χ2n) is 6.86. The summed E-state index contributed by atoms with van der Waals surface area (Å²) in [4.78, 5) is 28.3. The van der Waals surface area contributed by atoms with Gasteiger partial charge in [-0.05, 0) is 25.0 Å². The maximum absolute atomic E-state index is 12.8. The van der Waals surface area contributed by atoms with E-state index in [0.717, 1.165) is 30.6 Å². The molecule has 138 valence electrons. The van der Waals surface area contributed by atoms with Crippen LogP contribution in [0.3, 0.4) is 0 Å². The second kappa shape index (κ2) is 8.17. The zero-order chi connectivity index (χ0) is 18.5. The topological polar surface area (TPSA) is 58.4 Å². The zero-order valence-corrected chi connectivity index (χ0v) is 15.5. The third-order valence-electron chi connectivity index (χ3n) is 4.88. The molecule has 1 unspecified atom stereocenters. The normalized spacial score (nSPS) is 17.2. The quantitative estimate of drug-likeness (QED) is 0.829. The standard InChI is InChI=1S/C20H26N4O2/c1-3-19(25)23-11-7-8-17(15-23)20(26)22(2)13-16-12-21-24(14-16)18-9-5-4-6-10-18/h4-6,9-10,12,14,17H,3,7-8,11,13,15H2,1-2H3. The van der Waals surface area contributed by atoms with E-state index < -0.39 is 0 Å². The molecule has 1 aliphatic heterocycles. The third-order valence-corrected chi connectivity index (χ3v) is 4.88. The molecule has 1 fully saturated rings. The van der Waals surface area contributed by atoms with Crippen molar-refractivity contribution in [3.05, 3.63) is 48.3 Å². The number of carbonyl (C=O) groups excluding carboxylic acids is 2. The predicted molar refractivity (Wildman–Crippen MR) is 99.6 cm³/mol. The number of hydrogen-bond acceptors (Lipinski definition) is 3. The molecule has 1 aromatic heterocycles. The van der Waals surface area contributed by atoms with Gasteiger partial charge in [0, 0.05) is 44.9 Å². The number of hydrogen-bond donors (Lipinski definition) is 0. The first-order valence-corrected chi connectivity index (χ1v) is 9.20. The summed E-state index contributed by atoms with van der Waals surface area (Å²) in [6.07, 6.45) is 5.98. The highest BCUT2D eigenvalue weighted by Crippen LogP contribution is 2.20. The summed E-state index contributed by atoms with van der Waals surface area (Å²) in [5, 5.41) is 4.38. The Morgan fingerprint density at radius 2 is 2.04 bits per heavy atom. The van der Waals surface area contributed by atoms with Crippen molar-refractivity contribution in [1.82, 2.24) is 19.6 Å². The van der Waals surface area contributed by atoms with Gasteiger partial charge in [-0.3, -0.25) is 9.59 Å². The molecule has 1 saturated heterocycles. The number of para-hydroxylation sites is 1. The van der Waals surface area contributed by atoms with Gasteiger partial charge in [0.2, 0.25) is 11.8 Å². The lowest BCUT2D eigenvalue weighted by atomic mass is 9.96. The zero-order valence-electron chi connectivity index (χ0n) is 15.5. The van der Waals surface area contributed by atoms with Gasteiger partial charge >= 0.3 is 0 Å². The molecule has 2 amide bonds. The maximum atomic E-state index is 12.8. The van der Waals surface area contributed by atoms with Gasteiger partial charge in [0.05, 0.1) is 17.8 Å². The van der Waals surface area contributed by atoms with Crippen LogP contribution >= 0.6 is 0 Å². The van der Waals surface area contributed by atoms with Crippen LogP contribution in [0.1, 0.15) is 31.7 Å². The molecule has 0 N–H and O–H groups in total. The van der Waals surface area contributed by atoms with Crippen LogP contribution in [-0.4, -0.2) is 51.5 Å². The lowest BCUT2D eigenvalue weighted by molar-refractivity contribution is -0.140. The van der Waals surface area contributed by atoms with E-state index in [1.165, 1.54) is 0 Å². The SMILES string of the molecule is CCC(=O)N1CCCC(C(=O)N(C)Cc2cnn(-c3ccccc3)c2)C1. The molecule has 26 heavy (non-hydrogen) atoms. The van der Waals surface area contributed by atoms with Crippen molar-refractivity contribution in [3.63, 3.8) is 0 Å². The van der Waals surface area contributed by atoms with Crippen molar-refractivity contribution in [2.45, 2.75) is 32.7 Å². The first-order valence-electron chi connectivity index (χ1n) is 9.20. The molecule has 2 heterocycles. The summed E-state index contributed by atoms with van der Waals surface area (Å²) < 4.78 is 1.82. The van der Waals surface area contributed by atoms with Crippen LogP contribution in [0.15, 0.2) is 42.7 Å². The molecule has 0 spiro atoms. The van der Waals surface area contributed by atoms with E-state index in [9.17, 15) is 9.59 Å². The molecule has 0 bridgehead atoms. The van der Waals surface area contributed by atoms with Crippen LogP contribution in [0.25, 0.3) is 5.69 Å². The summed E-state index contributed by atoms with van der Waals surface area (Å²) >= 11 is 0. The fraction of sp³-hybridized carbons (Fsp3) is 0.450. The van der Waals surface area contributed by atoms with Crippen LogP contribution in [0.4, 0.5) is 0 Å². The van der Waals surface area contributed by atoms with E-state index in [1.54, 1.807) is 11.1 Å². The minimum absolute atomic E-state index is 0.103. The molecule has 0 aliphatic carbocycles. The van der Waals surface area contributed by atoms with Gasteiger partial charge in [0.15, 0.2) is 0 Å². The number of piperidine rings is 1.